The first-order valence-corrected chi connectivity index (χ1v) is 4.81. The predicted molar refractivity (Wildman–Crippen MR) is 56.8 cm³/mol. The zero-order valence-corrected chi connectivity index (χ0v) is 9.37. The molecule has 0 radical (unpaired) electrons. The summed E-state index contributed by atoms with van der Waals surface area (Å²) in [6.45, 7) is 9.74. The van der Waals surface area contributed by atoms with Crippen LogP contribution in [-0.2, 0) is 4.74 Å². The topological polar surface area (TPSA) is 9.23 Å². The van der Waals surface area contributed by atoms with Crippen LogP contribution in [0.15, 0.2) is 23.4 Å². The Hall–Kier alpha value is -0.140. The lowest BCUT2D eigenvalue weighted by atomic mass is 10.4. The van der Waals surface area contributed by atoms with Gasteiger partial charge >= 0.3 is 0 Å². The molecule has 0 aromatic carbocycles. The average Bonchev–Trinajstić information content (AvgIpc) is 2.16. The third kappa shape index (κ3) is 7.96. The van der Waals surface area contributed by atoms with Gasteiger partial charge in [0.15, 0.2) is 0 Å². The fraction of sp³-hybridized carbons (Fsp3) is 0.556. The molecule has 0 unspecified atom stereocenters. The highest BCUT2D eigenvalue weighted by atomic mass is 35.5. The Morgan fingerprint density at radius 1 is 1.50 bits per heavy atom. The van der Waals surface area contributed by atoms with E-state index in [1.165, 1.54) is 6.08 Å². The molecule has 0 fully saturated rings. The molecule has 0 aromatic rings. The molecule has 0 aromatic heterocycles. The molecule has 12 heavy (non-hydrogen) atoms. The summed E-state index contributed by atoms with van der Waals surface area (Å²) >= 11 is 11.0. The van der Waals surface area contributed by atoms with Crippen molar-refractivity contribution in [3.8, 4) is 0 Å². The molecule has 0 saturated heterocycles. The van der Waals surface area contributed by atoms with Crippen molar-refractivity contribution in [1.29, 1.82) is 0 Å². The Balaban J connectivity index is 0. The third-order valence-electron chi connectivity index (χ3n) is 0.911. The Morgan fingerprint density at radius 2 is 2.00 bits per heavy atom. The summed E-state index contributed by atoms with van der Waals surface area (Å²) in [5.41, 5.74) is 0. The number of hydrogen-bond acceptors (Lipinski definition) is 1. The molecule has 0 heterocycles. The molecule has 72 valence electrons. The van der Waals surface area contributed by atoms with Gasteiger partial charge < -0.3 is 4.74 Å². The summed E-state index contributed by atoms with van der Waals surface area (Å²) < 4.78 is 5.09. The van der Waals surface area contributed by atoms with Crippen LogP contribution in [0, 0.1) is 0 Å². The molecule has 0 N–H and O–H groups in total. The fourth-order valence-corrected chi connectivity index (χ4v) is 0.536. The van der Waals surface area contributed by atoms with Crippen LogP contribution in [0.4, 0.5) is 0 Å². The van der Waals surface area contributed by atoms with Crippen LogP contribution in [0.1, 0.15) is 20.8 Å². The molecule has 0 bridgehead atoms. The minimum Gasteiger partial charge on any atom is -0.495 e. The van der Waals surface area contributed by atoms with E-state index in [0.717, 1.165) is 0 Å². The second-order valence-electron chi connectivity index (χ2n) is 1.65. The van der Waals surface area contributed by atoms with Crippen molar-refractivity contribution < 1.29 is 4.74 Å². The standard InChI is InChI=1S/C7H10Cl2O.C2H6/c1-3-7(9)6(2)10-5-4-8;1-2/h3H,1,4-5H2,2H3;1-2H3/b7-6-;. The number of ether oxygens (including phenoxy) is 1. The van der Waals surface area contributed by atoms with E-state index in [4.69, 9.17) is 27.9 Å². The molecule has 0 aliphatic rings. The van der Waals surface area contributed by atoms with E-state index in [2.05, 4.69) is 6.58 Å². The van der Waals surface area contributed by atoms with Crippen LogP contribution in [0.5, 0.6) is 0 Å². The largest absolute Gasteiger partial charge is 0.495 e. The molecule has 0 spiro atoms. The predicted octanol–water partition coefficient (Wildman–Crippen LogP) is 3.92. The first-order valence-electron chi connectivity index (χ1n) is 3.90. The van der Waals surface area contributed by atoms with Crippen molar-refractivity contribution in [2.45, 2.75) is 20.8 Å². The number of halogens is 2. The number of rotatable bonds is 4. The molecule has 0 atom stereocenters. The zero-order valence-electron chi connectivity index (χ0n) is 7.86. The van der Waals surface area contributed by atoms with Gasteiger partial charge in [0.2, 0.25) is 0 Å². The van der Waals surface area contributed by atoms with Gasteiger partial charge in [-0.3, -0.25) is 0 Å². The van der Waals surface area contributed by atoms with Gasteiger partial charge in [-0.15, -0.1) is 11.6 Å². The van der Waals surface area contributed by atoms with Crippen LogP contribution in [0.2, 0.25) is 0 Å². The molecule has 1 nitrogen and oxygen atoms in total. The monoisotopic (exact) mass is 210 g/mol. The molecular weight excluding hydrogens is 195 g/mol. The van der Waals surface area contributed by atoms with Crippen molar-refractivity contribution in [2.75, 3.05) is 12.5 Å². The minimum absolute atomic E-state index is 0.471. The van der Waals surface area contributed by atoms with Crippen LogP contribution in [0.25, 0.3) is 0 Å². The smallest absolute Gasteiger partial charge is 0.111 e. The van der Waals surface area contributed by atoms with Crippen LogP contribution in [0.3, 0.4) is 0 Å². The quantitative estimate of drug-likeness (QED) is 0.389. The van der Waals surface area contributed by atoms with E-state index in [0.29, 0.717) is 23.3 Å². The van der Waals surface area contributed by atoms with Crippen molar-refractivity contribution in [2.24, 2.45) is 0 Å². The van der Waals surface area contributed by atoms with E-state index >= 15 is 0 Å². The summed E-state index contributed by atoms with van der Waals surface area (Å²) in [4.78, 5) is 0. The molecule has 0 aliphatic heterocycles. The van der Waals surface area contributed by atoms with Crippen molar-refractivity contribution in [3.05, 3.63) is 23.4 Å². The van der Waals surface area contributed by atoms with Gasteiger partial charge in [-0.05, 0) is 13.0 Å². The second-order valence-corrected chi connectivity index (χ2v) is 2.43. The van der Waals surface area contributed by atoms with Gasteiger partial charge in [0, 0.05) is 0 Å². The second kappa shape index (κ2) is 10.9. The Morgan fingerprint density at radius 3 is 2.33 bits per heavy atom. The third-order valence-corrected chi connectivity index (χ3v) is 1.49. The fourth-order valence-electron chi connectivity index (χ4n) is 0.404. The molecule has 3 heteroatoms. The summed E-state index contributed by atoms with van der Waals surface area (Å²) in [5, 5.41) is 0.533. The lowest BCUT2D eigenvalue weighted by molar-refractivity contribution is 0.232. The van der Waals surface area contributed by atoms with Crippen molar-refractivity contribution in [3.63, 3.8) is 0 Å². The van der Waals surface area contributed by atoms with Crippen molar-refractivity contribution in [1.82, 2.24) is 0 Å². The Labute approximate surface area is 85.0 Å². The Bertz CT molecular complexity index is 141. The molecule has 0 aliphatic carbocycles. The minimum atomic E-state index is 0.471. The van der Waals surface area contributed by atoms with Gasteiger partial charge in [-0.1, -0.05) is 32.0 Å². The molecule has 0 amide bonds. The summed E-state index contributed by atoms with van der Waals surface area (Å²) in [5.74, 6) is 1.14. The SMILES string of the molecule is C=C/C(Cl)=C(\C)OCCCl.CC. The van der Waals surface area contributed by atoms with E-state index < -0.39 is 0 Å². The number of hydrogen-bond donors (Lipinski definition) is 0. The van der Waals surface area contributed by atoms with Gasteiger partial charge in [-0.25, -0.2) is 0 Å². The van der Waals surface area contributed by atoms with Crippen LogP contribution >= 0.6 is 23.2 Å². The first kappa shape index (κ1) is 14.4. The van der Waals surface area contributed by atoms with Gasteiger partial charge in [0.1, 0.15) is 12.4 Å². The van der Waals surface area contributed by atoms with E-state index in [-0.39, 0.29) is 0 Å². The summed E-state index contributed by atoms with van der Waals surface area (Å²) in [7, 11) is 0. The molecule has 0 saturated carbocycles. The average molecular weight is 211 g/mol. The maximum atomic E-state index is 5.64. The maximum absolute atomic E-state index is 5.64. The maximum Gasteiger partial charge on any atom is 0.111 e. The number of alkyl halides is 1. The lowest BCUT2D eigenvalue weighted by Gasteiger charge is -2.03. The lowest BCUT2D eigenvalue weighted by Crippen LogP contribution is -1.93. The van der Waals surface area contributed by atoms with Crippen LogP contribution < -0.4 is 0 Å². The number of allylic oxidation sites excluding steroid dienone is 3. The summed E-state index contributed by atoms with van der Waals surface area (Å²) in [6.07, 6.45) is 1.53. The van der Waals surface area contributed by atoms with Gasteiger partial charge in [0.05, 0.1) is 10.9 Å². The first-order chi connectivity index (χ1) is 5.72. The van der Waals surface area contributed by atoms with Crippen LogP contribution in [-0.4, -0.2) is 12.5 Å². The highest BCUT2D eigenvalue weighted by Gasteiger charge is 1.93. The highest BCUT2D eigenvalue weighted by molar-refractivity contribution is 6.31. The summed E-state index contributed by atoms with van der Waals surface area (Å²) in [6, 6.07) is 0. The highest BCUT2D eigenvalue weighted by Crippen LogP contribution is 2.10. The van der Waals surface area contributed by atoms with E-state index in [9.17, 15) is 0 Å². The normalized spacial score (nSPS) is 10.8. The molecular formula is C9H16Cl2O. The van der Waals surface area contributed by atoms with E-state index in [1.54, 1.807) is 6.92 Å². The van der Waals surface area contributed by atoms with Gasteiger partial charge in [-0.2, -0.15) is 0 Å². The van der Waals surface area contributed by atoms with Gasteiger partial charge in [0.25, 0.3) is 0 Å². The molecule has 0 rings (SSSR count). The zero-order chi connectivity index (χ0) is 9.98. The Kier molecular flexibility index (Phi) is 13.0. The van der Waals surface area contributed by atoms with Crippen molar-refractivity contribution >= 4 is 23.2 Å². The van der Waals surface area contributed by atoms with E-state index in [1.807, 2.05) is 13.8 Å².